The van der Waals surface area contributed by atoms with Crippen molar-refractivity contribution in [1.29, 1.82) is 0 Å². The molecule has 122 valence electrons. The van der Waals surface area contributed by atoms with Crippen LogP contribution in [-0.4, -0.2) is 26.8 Å². The molecule has 0 saturated carbocycles. The molecule has 2 aromatic carbocycles. The van der Waals surface area contributed by atoms with E-state index in [1.165, 1.54) is 13.2 Å². The van der Waals surface area contributed by atoms with E-state index in [1.54, 1.807) is 18.5 Å². The summed E-state index contributed by atoms with van der Waals surface area (Å²) in [6, 6.07) is 14.4. The van der Waals surface area contributed by atoms with Crippen molar-refractivity contribution in [2.45, 2.75) is 6.54 Å². The fourth-order valence-electron chi connectivity index (χ4n) is 2.30. The minimum Gasteiger partial charge on any atom is -0.490 e. The van der Waals surface area contributed by atoms with Crippen LogP contribution in [0.1, 0.15) is 5.82 Å². The number of aromatic nitrogens is 3. The normalized spacial score (nSPS) is 10.4. The zero-order valence-electron chi connectivity index (χ0n) is 12.9. The first kappa shape index (κ1) is 15.5. The van der Waals surface area contributed by atoms with Gasteiger partial charge in [-0.1, -0.05) is 18.2 Å². The minimum atomic E-state index is -0.478. The number of nitro groups is 1. The molecule has 1 N–H and O–H groups in total. The van der Waals surface area contributed by atoms with Gasteiger partial charge in [-0.25, -0.2) is 0 Å². The van der Waals surface area contributed by atoms with Crippen molar-refractivity contribution < 1.29 is 9.66 Å². The number of nitrogens with zero attached hydrogens (tertiary/aromatic N) is 4. The number of nitro benzene ring substituents is 1. The van der Waals surface area contributed by atoms with E-state index in [-0.39, 0.29) is 11.4 Å². The van der Waals surface area contributed by atoms with Crippen LogP contribution in [-0.2, 0) is 6.54 Å². The second kappa shape index (κ2) is 6.78. The molecule has 1 heterocycles. The lowest BCUT2D eigenvalue weighted by molar-refractivity contribution is -0.385. The first-order valence-electron chi connectivity index (χ1n) is 7.19. The highest BCUT2D eigenvalue weighted by atomic mass is 16.6. The van der Waals surface area contributed by atoms with Gasteiger partial charge in [-0.05, 0) is 18.2 Å². The SMILES string of the molecule is COc1cc(NCc2nncn2-c2ccccc2)ccc1[N+](=O)[O-]. The van der Waals surface area contributed by atoms with Crippen LogP contribution in [0.25, 0.3) is 5.69 Å². The van der Waals surface area contributed by atoms with Gasteiger partial charge in [0.05, 0.1) is 18.6 Å². The first-order chi connectivity index (χ1) is 11.7. The Morgan fingerprint density at radius 3 is 2.75 bits per heavy atom. The maximum absolute atomic E-state index is 10.9. The molecular weight excluding hydrogens is 310 g/mol. The lowest BCUT2D eigenvalue weighted by Gasteiger charge is -2.10. The van der Waals surface area contributed by atoms with Crippen molar-refractivity contribution in [3.63, 3.8) is 0 Å². The zero-order valence-corrected chi connectivity index (χ0v) is 12.9. The molecule has 0 spiro atoms. The van der Waals surface area contributed by atoms with Crippen molar-refractivity contribution in [1.82, 2.24) is 14.8 Å². The Balaban J connectivity index is 1.78. The third-order valence-electron chi connectivity index (χ3n) is 3.48. The van der Waals surface area contributed by atoms with E-state index in [1.807, 2.05) is 34.9 Å². The Hall–Kier alpha value is -3.42. The largest absolute Gasteiger partial charge is 0.490 e. The molecule has 3 rings (SSSR count). The number of anilines is 1. The van der Waals surface area contributed by atoms with Crippen molar-refractivity contribution in [2.75, 3.05) is 12.4 Å². The van der Waals surface area contributed by atoms with E-state index in [0.717, 1.165) is 11.5 Å². The van der Waals surface area contributed by atoms with Gasteiger partial charge in [-0.2, -0.15) is 0 Å². The van der Waals surface area contributed by atoms with Crippen LogP contribution in [0, 0.1) is 10.1 Å². The molecule has 0 unspecified atom stereocenters. The molecule has 0 aliphatic rings. The van der Waals surface area contributed by atoms with Gasteiger partial charge in [-0.3, -0.25) is 14.7 Å². The predicted molar refractivity (Wildman–Crippen MR) is 88.3 cm³/mol. The second-order valence-corrected chi connectivity index (χ2v) is 4.95. The average molecular weight is 325 g/mol. The van der Waals surface area contributed by atoms with Crippen molar-refractivity contribution in [2.24, 2.45) is 0 Å². The Bertz CT molecular complexity index is 848. The van der Waals surface area contributed by atoms with Crippen LogP contribution in [0.4, 0.5) is 11.4 Å². The fourth-order valence-corrected chi connectivity index (χ4v) is 2.30. The molecule has 0 radical (unpaired) electrons. The molecule has 0 aliphatic heterocycles. The van der Waals surface area contributed by atoms with E-state index >= 15 is 0 Å². The van der Waals surface area contributed by atoms with Gasteiger partial charge in [0.15, 0.2) is 11.6 Å². The van der Waals surface area contributed by atoms with Crippen LogP contribution < -0.4 is 10.1 Å². The van der Waals surface area contributed by atoms with Gasteiger partial charge in [0.25, 0.3) is 0 Å². The smallest absolute Gasteiger partial charge is 0.311 e. The van der Waals surface area contributed by atoms with Gasteiger partial charge in [-0.15, -0.1) is 10.2 Å². The number of ether oxygens (including phenoxy) is 1. The monoisotopic (exact) mass is 325 g/mol. The Morgan fingerprint density at radius 1 is 1.25 bits per heavy atom. The summed E-state index contributed by atoms with van der Waals surface area (Å²) in [6.45, 7) is 0.413. The summed E-state index contributed by atoms with van der Waals surface area (Å²) >= 11 is 0. The predicted octanol–water partition coefficient (Wildman–Crippen LogP) is 2.80. The van der Waals surface area contributed by atoms with Crippen molar-refractivity contribution in [3.05, 3.63) is 70.8 Å². The Labute approximate surface area is 137 Å². The van der Waals surface area contributed by atoms with Crippen LogP contribution in [0.3, 0.4) is 0 Å². The van der Waals surface area contributed by atoms with Crippen molar-refractivity contribution in [3.8, 4) is 11.4 Å². The highest BCUT2D eigenvalue weighted by Gasteiger charge is 2.15. The summed E-state index contributed by atoms with van der Waals surface area (Å²) in [7, 11) is 1.40. The minimum absolute atomic E-state index is 0.0736. The van der Waals surface area contributed by atoms with E-state index < -0.39 is 4.92 Å². The molecule has 8 heteroatoms. The third kappa shape index (κ3) is 3.17. The molecule has 0 amide bonds. The number of methoxy groups -OCH3 is 1. The molecule has 3 aromatic rings. The average Bonchev–Trinajstić information content (AvgIpc) is 3.09. The summed E-state index contributed by atoms with van der Waals surface area (Å²) < 4.78 is 6.93. The molecule has 1 aromatic heterocycles. The highest BCUT2D eigenvalue weighted by molar-refractivity contribution is 5.58. The van der Waals surface area contributed by atoms with E-state index in [0.29, 0.717) is 12.2 Å². The van der Waals surface area contributed by atoms with E-state index in [2.05, 4.69) is 15.5 Å². The number of hydrogen-bond acceptors (Lipinski definition) is 6. The van der Waals surface area contributed by atoms with E-state index in [9.17, 15) is 10.1 Å². The van der Waals surface area contributed by atoms with Gasteiger partial charge >= 0.3 is 5.69 Å². The number of hydrogen-bond donors (Lipinski definition) is 1. The van der Waals surface area contributed by atoms with Gasteiger partial charge < -0.3 is 10.1 Å². The lowest BCUT2D eigenvalue weighted by atomic mass is 10.2. The number of para-hydroxylation sites is 1. The first-order valence-corrected chi connectivity index (χ1v) is 7.19. The Morgan fingerprint density at radius 2 is 2.04 bits per heavy atom. The summed E-state index contributed by atoms with van der Waals surface area (Å²) in [6.07, 6.45) is 1.64. The van der Waals surface area contributed by atoms with Crippen LogP contribution in [0.15, 0.2) is 54.9 Å². The molecule has 8 nitrogen and oxygen atoms in total. The quantitative estimate of drug-likeness (QED) is 0.553. The summed E-state index contributed by atoms with van der Waals surface area (Å²) in [5.41, 5.74) is 1.58. The zero-order chi connectivity index (χ0) is 16.9. The van der Waals surface area contributed by atoms with Gasteiger partial charge in [0, 0.05) is 23.5 Å². The van der Waals surface area contributed by atoms with E-state index in [4.69, 9.17) is 4.74 Å². The van der Waals surface area contributed by atoms with Gasteiger partial charge in [0.2, 0.25) is 0 Å². The molecule has 0 atom stereocenters. The summed E-state index contributed by atoms with van der Waals surface area (Å²) in [5.74, 6) is 0.924. The summed E-state index contributed by atoms with van der Waals surface area (Å²) in [4.78, 5) is 10.4. The molecular formula is C16H15N5O3. The number of nitrogens with one attached hydrogen (secondary N) is 1. The maximum Gasteiger partial charge on any atom is 0.311 e. The van der Waals surface area contributed by atoms with Crippen LogP contribution in [0.5, 0.6) is 5.75 Å². The van der Waals surface area contributed by atoms with Crippen LogP contribution in [0.2, 0.25) is 0 Å². The Kier molecular flexibility index (Phi) is 4.37. The second-order valence-electron chi connectivity index (χ2n) is 4.95. The number of benzene rings is 2. The molecule has 0 aliphatic carbocycles. The molecule has 0 bridgehead atoms. The van der Waals surface area contributed by atoms with Gasteiger partial charge in [0.1, 0.15) is 6.33 Å². The molecule has 0 fully saturated rings. The molecule has 0 saturated heterocycles. The summed E-state index contributed by atoms with van der Waals surface area (Å²) in [5, 5.41) is 22.1. The molecule has 24 heavy (non-hydrogen) atoms. The lowest BCUT2D eigenvalue weighted by Crippen LogP contribution is -2.07. The fraction of sp³-hybridized carbons (Fsp3) is 0.125. The van der Waals surface area contributed by atoms with Crippen molar-refractivity contribution >= 4 is 11.4 Å². The topological polar surface area (TPSA) is 95.1 Å². The van der Waals surface area contributed by atoms with Crippen LogP contribution >= 0.6 is 0 Å². The third-order valence-corrected chi connectivity index (χ3v) is 3.48. The standard InChI is InChI=1S/C16H15N5O3/c1-24-15-9-12(7-8-14(15)21(22)23)17-10-16-19-18-11-20(16)13-5-3-2-4-6-13/h2-9,11,17H,10H2,1H3. The highest BCUT2D eigenvalue weighted by Crippen LogP contribution is 2.29. The maximum atomic E-state index is 10.9. The number of rotatable bonds is 6.